The van der Waals surface area contributed by atoms with Crippen LogP contribution >= 0.6 is 0 Å². The van der Waals surface area contributed by atoms with E-state index in [0.29, 0.717) is 12.8 Å². The Morgan fingerprint density at radius 3 is 1.59 bits per heavy atom. The Hall–Kier alpha value is -0.870. The lowest BCUT2D eigenvalue weighted by Crippen LogP contribution is -2.09. The zero-order valence-corrected chi connectivity index (χ0v) is 15.0. The minimum atomic E-state index is -4.16. The first kappa shape index (κ1) is 19.2. The van der Waals surface area contributed by atoms with Gasteiger partial charge in [-0.3, -0.25) is 4.55 Å². The van der Waals surface area contributed by atoms with Crippen LogP contribution in [0.1, 0.15) is 76.0 Å². The van der Waals surface area contributed by atoms with Crippen molar-refractivity contribution in [3.05, 3.63) is 28.8 Å². The van der Waals surface area contributed by atoms with E-state index >= 15 is 0 Å². The second-order valence-electron chi connectivity index (χ2n) is 6.03. The molecule has 3 nitrogen and oxygen atoms in total. The number of unbranched alkanes of at least 4 members (excludes halogenated alkanes) is 3. The summed E-state index contributed by atoms with van der Waals surface area (Å²) in [5.74, 6) is 0. The molecular weight excluding hydrogens is 296 g/mol. The van der Waals surface area contributed by atoms with Crippen LogP contribution in [0.25, 0.3) is 0 Å². The predicted molar refractivity (Wildman–Crippen MR) is 92.1 cm³/mol. The van der Waals surface area contributed by atoms with Crippen LogP contribution < -0.4 is 0 Å². The number of rotatable bonds is 10. The molecule has 0 radical (unpaired) electrons. The van der Waals surface area contributed by atoms with E-state index in [2.05, 4.69) is 20.8 Å². The van der Waals surface area contributed by atoms with Gasteiger partial charge in [0.15, 0.2) is 0 Å². The van der Waals surface area contributed by atoms with Crippen molar-refractivity contribution in [2.75, 3.05) is 0 Å². The minimum absolute atomic E-state index is 0.176. The van der Waals surface area contributed by atoms with E-state index in [9.17, 15) is 13.0 Å². The highest BCUT2D eigenvalue weighted by Crippen LogP contribution is 2.27. The quantitative estimate of drug-likeness (QED) is 0.618. The van der Waals surface area contributed by atoms with Crippen molar-refractivity contribution in [3.63, 3.8) is 0 Å². The fourth-order valence-corrected chi connectivity index (χ4v) is 3.77. The monoisotopic (exact) mass is 326 g/mol. The topological polar surface area (TPSA) is 54.4 Å². The molecule has 0 atom stereocenters. The zero-order valence-electron chi connectivity index (χ0n) is 14.2. The molecule has 0 spiro atoms. The van der Waals surface area contributed by atoms with Crippen molar-refractivity contribution in [1.82, 2.24) is 0 Å². The first-order valence-corrected chi connectivity index (χ1v) is 10.00. The smallest absolute Gasteiger partial charge is 0.282 e. The molecular formula is C18H30O3S. The number of hydrogen-bond acceptors (Lipinski definition) is 2. The largest absolute Gasteiger partial charge is 0.295 e. The Balaban J connectivity index is 3.33. The van der Waals surface area contributed by atoms with Gasteiger partial charge in [0.1, 0.15) is 4.90 Å². The van der Waals surface area contributed by atoms with Crippen LogP contribution in [0.5, 0.6) is 0 Å². The molecule has 1 rings (SSSR count). The first-order valence-electron chi connectivity index (χ1n) is 8.56. The van der Waals surface area contributed by atoms with Gasteiger partial charge >= 0.3 is 0 Å². The summed E-state index contributed by atoms with van der Waals surface area (Å²) in [7, 11) is -4.16. The third-order valence-electron chi connectivity index (χ3n) is 3.98. The van der Waals surface area contributed by atoms with Gasteiger partial charge in [-0.1, -0.05) is 52.2 Å². The second kappa shape index (κ2) is 9.31. The molecule has 0 fully saturated rings. The summed E-state index contributed by atoms with van der Waals surface area (Å²) in [6, 6.07) is 3.98. The van der Waals surface area contributed by atoms with E-state index < -0.39 is 10.1 Å². The fourth-order valence-electron chi connectivity index (χ4n) is 2.79. The molecule has 0 amide bonds. The third kappa shape index (κ3) is 5.73. The average Bonchev–Trinajstić information content (AvgIpc) is 2.47. The van der Waals surface area contributed by atoms with Crippen LogP contribution in [0.2, 0.25) is 0 Å². The Bertz CT molecular complexity index is 533. The van der Waals surface area contributed by atoms with Gasteiger partial charge in [0.2, 0.25) is 0 Å². The Morgan fingerprint density at radius 2 is 1.23 bits per heavy atom. The lowest BCUT2D eigenvalue weighted by atomic mass is 9.96. The van der Waals surface area contributed by atoms with Crippen molar-refractivity contribution >= 4 is 10.1 Å². The van der Waals surface area contributed by atoms with Gasteiger partial charge in [0, 0.05) is 0 Å². The summed E-state index contributed by atoms with van der Waals surface area (Å²) in [6.45, 7) is 6.33. The molecule has 0 aliphatic carbocycles. The highest BCUT2D eigenvalue weighted by atomic mass is 32.2. The van der Waals surface area contributed by atoms with E-state index in [-0.39, 0.29) is 4.90 Å². The molecule has 22 heavy (non-hydrogen) atoms. The summed E-state index contributed by atoms with van der Waals surface area (Å²) >= 11 is 0. The van der Waals surface area contributed by atoms with Crippen molar-refractivity contribution in [3.8, 4) is 0 Å². The maximum Gasteiger partial charge on any atom is 0.295 e. The van der Waals surface area contributed by atoms with Crippen LogP contribution in [0, 0.1) is 0 Å². The van der Waals surface area contributed by atoms with Crippen LogP contribution in [-0.4, -0.2) is 13.0 Å². The molecule has 0 aliphatic rings. The van der Waals surface area contributed by atoms with Gasteiger partial charge in [0.05, 0.1) is 0 Å². The molecule has 4 heteroatoms. The maximum atomic E-state index is 11.9. The average molecular weight is 327 g/mol. The normalized spacial score (nSPS) is 11.8. The van der Waals surface area contributed by atoms with E-state index in [0.717, 1.165) is 56.1 Å². The van der Waals surface area contributed by atoms with Crippen molar-refractivity contribution in [2.24, 2.45) is 0 Å². The molecule has 0 saturated heterocycles. The first-order chi connectivity index (χ1) is 10.4. The fraction of sp³-hybridized carbons (Fsp3) is 0.667. The summed E-state index contributed by atoms with van der Waals surface area (Å²) < 4.78 is 33.5. The van der Waals surface area contributed by atoms with Gasteiger partial charge in [-0.05, 0) is 55.2 Å². The highest BCUT2D eigenvalue weighted by Gasteiger charge is 2.21. The maximum absolute atomic E-state index is 11.9. The molecule has 126 valence electrons. The van der Waals surface area contributed by atoms with Crippen molar-refractivity contribution in [2.45, 2.75) is 83.5 Å². The molecule has 0 aromatic heterocycles. The van der Waals surface area contributed by atoms with Crippen LogP contribution in [0.15, 0.2) is 17.0 Å². The zero-order chi connectivity index (χ0) is 16.6. The Morgan fingerprint density at radius 1 is 0.818 bits per heavy atom. The molecule has 0 bridgehead atoms. The molecule has 0 unspecified atom stereocenters. The van der Waals surface area contributed by atoms with Crippen LogP contribution in [0.3, 0.4) is 0 Å². The molecule has 1 N–H and O–H groups in total. The van der Waals surface area contributed by atoms with Crippen LogP contribution in [0.4, 0.5) is 0 Å². The van der Waals surface area contributed by atoms with E-state index in [1.165, 1.54) is 5.56 Å². The molecule has 0 heterocycles. The van der Waals surface area contributed by atoms with E-state index in [1.54, 1.807) is 0 Å². The molecule has 0 aliphatic heterocycles. The summed E-state index contributed by atoms with van der Waals surface area (Å²) in [4.78, 5) is 0.176. The summed E-state index contributed by atoms with van der Waals surface area (Å²) in [5, 5.41) is 0. The van der Waals surface area contributed by atoms with Gasteiger partial charge in [0.25, 0.3) is 10.1 Å². The number of benzene rings is 1. The summed E-state index contributed by atoms with van der Waals surface area (Å²) in [5.41, 5.74) is 2.79. The van der Waals surface area contributed by atoms with Gasteiger partial charge in [-0.25, -0.2) is 0 Å². The standard InChI is InChI=1S/C18H30O3S/c1-4-7-10-15-13-16(11-8-5-2)18(22(19,20)21)17(14-15)12-9-6-3/h13-14H,4-12H2,1-3H3,(H,19,20,21). The Labute approximate surface area is 135 Å². The van der Waals surface area contributed by atoms with E-state index in [4.69, 9.17) is 0 Å². The van der Waals surface area contributed by atoms with Crippen LogP contribution in [-0.2, 0) is 29.4 Å². The molecule has 0 saturated carbocycles. The third-order valence-corrected chi connectivity index (χ3v) is 5.02. The molecule has 1 aromatic carbocycles. The van der Waals surface area contributed by atoms with Gasteiger partial charge in [-0.15, -0.1) is 0 Å². The SMILES string of the molecule is CCCCc1cc(CCCC)c(S(=O)(=O)O)c(CCCC)c1. The lowest BCUT2D eigenvalue weighted by molar-refractivity contribution is 0.480. The summed E-state index contributed by atoms with van der Waals surface area (Å²) in [6.07, 6.45) is 8.51. The number of aryl methyl sites for hydroxylation is 3. The second-order valence-corrected chi connectivity index (χ2v) is 7.39. The highest BCUT2D eigenvalue weighted by molar-refractivity contribution is 7.86. The van der Waals surface area contributed by atoms with Gasteiger partial charge in [-0.2, -0.15) is 8.42 Å². The lowest BCUT2D eigenvalue weighted by Gasteiger charge is -2.15. The Kier molecular flexibility index (Phi) is 8.12. The van der Waals surface area contributed by atoms with Gasteiger partial charge < -0.3 is 0 Å². The number of hydrogen-bond donors (Lipinski definition) is 1. The molecule has 1 aromatic rings. The minimum Gasteiger partial charge on any atom is -0.282 e. The van der Waals surface area contributed by atoms with Crippen molar-refractivity contribution < 1.29 is 13.0 Å². The van der Waals surface area contributed by atoms with E-state index in [1.807, 2.05) is 12.1 Å². The predicted octanol–water partition coefficient (Wildman–Crippen LogP) is 4.96. The van der Waals surface area contributed by atoms with Crippen molar-refractivity contribution in [1.29, 1.82) is 0 Å².